The van der Waals surface area contributed by atoms with Crippen molar-refractivity contribution in [3.8, 4) is 0 Å². The summed E-state index contributed by atoms with van der Waals surface area (Å²) >= 11 is 5.76. The van der Waals surface area contributed by atoms with E-state index in [1.807, 2.05) is 12.1 Å². The molecule has 0 saturated carbocycles. The average molecular weight is 229 g/mol. The molecule has 2 heterocycles. The van der Waals surface area contributed by atoms with Crippen molar-refractivity contribution in [2.24, 2.45) is 0 Å². The third-order valence-corrected chi connectivity index (χ3v) is 2.60. The Kier molecular flexibility index (Phi) is 3.41. The van der Waals surface area contributed by atoms with Crippen molar-refractivity contribution in [2.75, 3.05) is 31.2 Å². The van der Waals surface area contributed by atoms with Crippen LogP contribution in [-0.2, 0) is 4.74 Å². The Morgan fingerprint density at radius 1 is 1.60 bits per heavy atom. The summed E-state index contributed by atoms with van der Waals surface area (Å²) in [6.07, 6.45) is 1.51. The number of ether oxygens (including phenoxy) is 1. The molecule has 1 atom stereocenters. The van der Waals surface area contributed by atoms with Gasteiger partial charge in [-0.1, -0.05) is 11.6 Å². The fourth-order valence-corrected chi connectivity index (χ4v) is 1.70. The van der Waals surface area contributed by atoms with Gasteiger partial charge in [-0.3, -0.25) is 0 Å². The first-order chi connectivity index (χ1) is 7.29. The van der Waals surface area contributed by atoms with Crippen LogP contribution >= 0.6 is 11.6 Å². The van der Waals surface area contributed by atoms with Crippen LogP contribution in [-0.4, -0.2) is 42.5 Å². The molecule has 2 rings (SSSR count). The van der Waals surface area contributed by atoms with Gasteiger partial charge in [0.05, 0.1) is 24.3 Å². The molecular formula is C10H13ClN2O2. The number of hydrogen-bond acceptors (Lipinski definition) is 4. The molecule has 1 fully saturated rings. The van der Waals surface area contributed by atoms with E-state index in [0.717, 1.165) is 12.4 Å². The second-order valence-corrected chi connectivity index (χ2v) is 3.89. The third-order valence-electron chi connectivity index (χ3n) is 2.38. The van der Waals surface area contributed by atoms with E-state index in [-0.39, 0.29) is 12.7 Å². The Hall–Kier alpha value is -0.840. The van der Waals surface area contributed by atoms with Crippen LogP contribution in [0.25, 0.3) is 0 Å². The molecule has 1 aromatic heterocycles. The molecule has 1 aliphatic rings. The highest BCUT2D eigenvalue weighted by Gasteiger charge is 2.20. The number of aliphatic hydroxyl groups is 1. The summed E-state index contributed by atoms with van der Waals surface area (Å²) in [7, 11) is 0. The summed E-state index contributed by atoms with van der Waals surface area (Å²) in [5, 5.41) is 9.64. The molecule has 5 heteroatoms. The summed E-state index contributed by atoms with van der Waals surface area (Å²) in [5.74, 6) is 0.876. The molecule has 15 heavy (non-hydrogen) atoms. The first-order valence-electron chi connectivity index (χ1n) is 4.88. The normalized spacial score (nSPS) is 21.7. The molecule has 1 unspecified atom stereocenters. The van der Waals surface area contributed by atoms with Gasteiger partial charge in [0.25, 0.3) is 0 Å². The Labute approximate surface area is 93.4 Å². The Bertz CT molecular complexity index is 318. The van der Waals surface area contributed by atoms with Gasteiger partial charge in [-0.2, -0.15) is 0 Å². The van der Waals surface area contributed by atoms with Gasteiger partial charge in [0.15, 0.2) is 0 Å². The van der Waals surface area contributed by atoms with Crippen molar-refractivity contribution in [3.63, 3.8) is 0 Å². The maximum absolute atomic E-state index is 9.01. The summed E-state index contributed by atoms with van der Waals surface area (Å²) in [5.41, 5.74) is 0. The largest absolute Gasteiger partial charge is 0.394 e. The van der Waals surface area contributed by atoms with Gasteiger partial charge in [-0.25, -0.2) is 4.98 Å². The Morgan fingerprint density at radius 3 is 3.13 bits per heavy atom. The van der Waals surface area contributed by atoms with Crippen molar-refractivity contribution in [1.82, 2.24) is 4.98 Å². The topological polar surface area (TPSA) is 45.6 Å². The zero-order valence-corrected chi connectivity index (χ0v) is 9.02. The van der Waals surface area contributed by atoms with Crippen LogP contribution in [0.2, 0.25) is 5.02 Å². The lowest BCUT2D eigenvalue weighted by atomic mass is 10.3. The highest BCUT2D eigenvalue weighted by Crippen LogP contribution is 2.16. The molecule has 0 radical (unpaired) electrons. The van der Waals surface area contributed by atoms with Crippen molar-refractivity contribution in [3.05, 3.63) is 23.4 Å². The van der Waals surface area contributed by atoms with Crippen LogP contribution in [0, 0.1) is 0 Å². The summed E-state index contributed by atoms with van der Waals surface area (Å²) in [6, 6.07) is 3.69. The van der Waals surface area contributed by atoms with Crippen molar-refractivity contribution < 1.29 is 9.84 Å². The van der Waals surface area contributed by atoms with Crippen LogP contribution in [0.15, 0.2) is 18.3 Å². The number of morpholine rings is 1. The zero-order chi connectivity index (χ0) is 10.7. The number of anilines is 1. The average Bonchev–Trinajstić information content (AvgIpc) is 2.30. The van der Waals surface area contributed by atoms with Crippen molar-refractivity contribution in [1.29, 1.82) is 0 Å². The first kappa shape index (κ1) is 10.7. The van der Waals surface area contributed by atoms with Crippen LogP contribution < -0.4 is 4.90 Å². The van der Waals surface area contributed by atoms with E-state index < -0.39 is 0 Å². The van der Waals surface area contributed by atoms with Gasteiger partial charge in [0.2, 0.25) is 0 Å². The lowest BCUT2D eigenvalue weighted by molar-refractivity contribution is 0.00336. The lowest BCUT2D eigenvalue weighted by Gasteiger charge is -2.32. The minimum absolute atomic E-state index is 0.0457. The van der Waals surface area contributed by atoms with Gasteiger partial charge in [-0.15, -0.1) is 0 Å². The van der Waals surface area contributed by atoms with Crippen LogP contribution in [0.5, 0.6) is 0 Å². The number of hydrogen-bond donors (Lipinski definition) is 1. The van der Waals surface area contributed by atoms with Crippen LogP contribution in [0.4, 0.5) is 5.82 Å². The fraction of sp³-hybridized carbons (Fsp3) is 0.500. The predicted octanol–water partition coefficient (Wildman–Crippen LogP) is 0.933. The van der Waals surface area contributed by atoms with E-state index in [2.05, 4.69) is 9.88 Å². The minimum Gasteiger partial charge on any atom is -0.394 e. The molecule has 1 aliphatic heterocycles. The zero-order valence-electron chi connectivity index (χ0n) is 8.27. The van der Waals surface area contributed by atoms with E-state index >= 15 is 0 Å². The maximum atomic E-state index is 9.01. The molecule has 1 saturated heterocycles. The fourth-order valence-electron chi connectivity index (χ4n) is 1.59. The van der Waals surface area contributed by atoms with E-state index in [1.165, 1.54) is 0 Å². The van der Waals surface area contributed by atoms with E-state index in [0.29, 0.717) is 18.2 Å². The number of aliphatic hydroxyl groups excluding tert-OH is 1. The summed E-state index contributed by atoms with van der Waals surface area (Å²) in [6.45, 7) is 2.13. The molecule has 0 aliphatic carbocycles. The van der Waals surface area contributed by atoms with Crippen LogP contribution in [0.3, 0.4) is 0 Å². The summed E-state index contributed by atoms with van der Waals surface area (Å²) in [4.78, 5) is 6.31. The molecule has 0 aromatic carbocycles. The van der Waals surface area contributed by atoms with Crippen molar-refractivity contribution in [2.45, 2.75) is 6.10 Å². The van der Waals surface area contributed by atoms with Gasteiger partial charge in [-0.05, 0) is 12.1 Å². The first-order valence-corrected chi connectivity index (χ1v) is 5.26. The molecule has 0 spiro atoms. The molecule has 1 N–H and O–H groups in total. The highest BCUT2D eigenvalue weighted by molar-refractivity contribution is 6.30. The maximum Gasteiger partial charge on any atom is 0.128 e. The third kappa shape index (κ3) is 2.59. The Morgan fingerprint density at radius 2 is 2.47 bits per heavy atom. The molecule has 4 nitrogen and oxygen atoms in total. The Balaban J connectivity index is 2.06. The lowest BCUT2D eigenvalue weighted by Crippen LogP contribution is -2.44. The number of rotatable bonds is 2. The molecule has 0 amide bonds. The quantitative estimate of drug-likeness (QED) is 0.818. The monoisotopic (exact) mass is 228 g/mol. The van der Waals surface area contributed by atoms with E-state index in [9.17, 15) is 0 Å². The number of nitrogens with zero attached hydrogens (tertiary/aromatic N) is 2. The van der Waals surface area contributed by atoms with Crippen LogP contribution in [0.1, 0.15) is 0 Å². The number of halogens is 1. The molecule has 82 valence electrons. The van der Waals surface area contributed by atoms with Gasteiger partial charge < -0.3 is 14.7 Å². The smallest absolute Gasteiger partial charge is 0.128 e. The van der Waals surface area contributed by atoms with Crippen molar-refractivity contribution >= 4 is 17.4 Å². The minimum atomic E-state index is -0.115. The molecular weight excluding hydrogens is 216 g/mol. The second-order valence-electron chi connectivity index (χ2n) is 3.46. The highest BCUT2D eigenvalue weighted by atomic mass is 35.5. The van der Waals surface area contributed by atoms with Gasteiger partial charge in [0, 0.05) is 19.3 Å². The number of pyridine rings is 1. The SMILES string of the molecule is OCC1CN(c2ccc(Cl)cn2)CCO1. The second kappa shape index (κ2) is 4.79. The molecule has 0 bridgehead atoms. The van der Waals surface area contributed by atoms with Gasteiger partial charge in [0.1, 0.15) is 5.82 Å². The number of aromatic nitrogens is 1. The standard InChI is InChI=1S/C10H13ClN2O2/c11-8-1-2-10(12-5-8)13-3-4-15-9(6-13)7-14/h1-2,5,9,14H,3-4,6-7H2. The predicted molar refractivity (Wildman–Crippen MR) is 58.3 cm³/mol. The van der Waals surface area contributed by atoms with E-state index in [4.69, 9.17) is 21.4 Å². The van der Waals surface area contributed by atoms with E-state index in [1.54, 1.807) is 6.20 Å². The summed E-state index contributed by atoms with van der Waals surface area (Å²) < 4.78 is 5.36. The van der Waals surface area contributed by atoms with Gasteiger partial charge >= 0.3 is 0 Å². The molecule has 1 aromatic rings.